The normalized spacial score (nSPS) is 26.0. The van der Waals surface area contributed by atoms with Gasteiger partial charge in [-0.05, 0) is 74.1 Å². The molecule has 18 heavy (non-hydrogen) atoms. The molecule has 1 saturated heterocycles. The Bertz CT molecular complexity index is 234. The second kappa shape index (κ2) is 6.88. The van der Waals surface area contributed by atoms with Crippen molar-refractivity contribution in [3.63, 3.8) is 0 Å². The fraction of sp³-hybridized carbons (Fsp3) is 1.00. The average Bonchev–Trinajstić information content (AvgIpc) is 2.37. The van der Waals surface area contributed by atoms with Crippen molar-refractivity contribution in [1.82, 2.24) is 15.1 Å². The zero-order valence-electron chi connectivity index (χ0n) is 13.3. The van der Waals surface area contributed by atoms with Gasteiger partial charge in [-0.25, -0.2) is 0 Å². The average molecular weight is 255 g/mol. The Morgan fingerprint density at radius 2 is 1.94 bits per heavy atom. The van der Waals surface area contributed by atoms with Crippen molar-refractivity contribution in [2.75, 3.05) is 33.2 Å². The number of likely N-dealkylation sites (N-methyl/N-ethyl adjacent to an activating group) is 1. The molecule has 0 radical (unpaired) electrons. The second-order valence-electron chi connectivity index (χ2n) is 7.02. The summed E-state index contributed by atoms with van der Waals surface area (Å²) in [6.45, 7) is 16.3. The molecule has 3 nitrogen and oxygen atoms in total. The Kier molecular flexibility index (Phi) is 6.09. The van der Waals surface area contributed by atoms with Crippen LogP contribution in [0.25, 0.3) is 0 Å². The topological polar surface area (TPSA) is 18.5 Å². The minimum absolute atomic E-state index is 0.240. The van der Waals surface area contributed by atoms with E-state index < -0.39 is 0 Å². The Balaban J connectivity index is 2.37. The molecule has 2 unspecified atom stereocenters. The van der Waals surface area contributed by atoms with Crippen LogP contribution in [0.2, 0.25) is 0 Å². The molecule has 1 aliphatic rings. The first-order valence-corrected chi connectivity index (χ1v) is 7.49. The van der Waals surface area contributed by atoms with Crippen LogP contribution in [0.15, 0.2) is 0 Å². The van der Waals surface area contributed by atoms with Gasteiger partial charge in [0.1, 0.15) is 0 Å². The molecule has 0 aromatic rings. The largest absolute Gasteiger partial charge is 0.312 e. The SMILES string of the molecule is CC(CCNC(C)(C)C)N1CCCN(C)CC1C. The van der Waals surface area contributed by atoms with Crippen LogP contribution in [0, 0.1) is 0 Å². The van der Waals surface area contributed by atoms with Gasteiger partial charge >= 0.3 is 0 Å². The van der Waals surface area contributed by atoms with Gasteiger partial charge in [-0.3, -0.25) is 4.90 Å². The van der Waals surface area contributed by atoms with Crippen molar-refractivity contribution in [3.8, 4) is 0 Å². The Morgan fingerprint density at radius 3 is 2.56 bits per heavy atom. The maximum absolute atomic E-state index is 3.59. The van der Waals surface area contributed by atoms with Crippen molar-refractivity contribution in [3.05, 3.63) is 0 Å². The van der Waals surface area contributed by atoms with Gasteiger partial charge in [0.15, 0.2) is 0 Å². The van der Waals surface area contributed by atoms with E-state index in [-0.39, 0.29) is 5.54 Å². The van der Waals surface area contributed by atoms with E-state index in [2.05, 4.69) is 56.8 Å². The van der Waals surface area contributed by atoms with E-state index in [1.807, 2.05) is 0 Å². The van der Waals surface area contributed by atoms with E-state index in [1.165, 1.54) is 32.5 Å². The first kappa shape index (κ1) is 15.9. The van der Waals surface area contributed by atoms with Crippen molar-refractivity contribution in [2.45, 2.75) is 65.1 Å². The zero-order valence-corrected chi connectivity index (χ0v) is 13.3. The van der Waals surface area contributed by atoms with Crippen LogP contribution in [0.1, 0.15) is 47.5 Å². The molecule has 0 aromatic heterocycles. The maximum Gasteiger partial charge on any atom is 0.0197 e. The van der Waals surface area contributed by atoms with E-state index in [1.54, 1.807) is 0 Å². The van der Waals surface area contributed by atoms with Crippen LogP contribution in [0.5, 0.6) is 0 Å². The standard InChI is InChI=1S/C15H33N3/c1-13(8-9-16-15(3,4)5)18-11-7-10-17(6)12-14(18)2/h13-14,16H,7-12H2,1-6H3. The fourth-order valence-corrected chi connectivity index (χ4v) is 2.87. The van der Waals surface area contributed by atoms with E-state index in [0.717, 1.165) is 6.54 Å². The summed E-state index contributed by atoms with van der Waals surface area (Å²) < 4.78 is 0. The number of nitrogens with zero attached hydrogens (tertiary/aromatic N) is 2. The molecule has 0 bridgehead atoms. The molecule has 0 aromatic carbocycles. The van der Waals surface area contributed by atoms with Crippen molar-refractivity contribution in [1.29, 1.82) is 0 Å². The second-order valence-corrected chi connectivity index (χ2v) is 7.02. The predicted octanol–water partition coefficient (Wildman–Crippen LogP) is 2.18. The van der Waals surface area contributed by atoms with Gasteiger partial charge < -0.3 is 10.2 Å². The molecule has 0 amide bonds. The predicted molar refractivity (Wildman–Crippen MR) is 80.1 cm³/mol. The smallest absolute Gasteiger partial charge is 0.0197 e. The van der Waals surface area contributed by atoms with Gasteiger partial charge in [0, 0.05) is 24.2 Å². The minimum atomic E-state index is 0.240. The zero-order chi connectivity index (χ0) is 13.8. The van der Waals surface area contributed by atoms with Crippen LogP contribution < -0.4 is 5.32 Å². The highest BCUT2D eigenvalue weighted by Crippen LogP contribution is 2.14. The van der Waals surface area contributed by atoms with E-state index in [0.29, 0.717) is 12.1 Å². The van der Waals surface area contributed by atoms with Gasteiger partial charge in [0.2, 0.25) is 0 Å². The number of hydrogen-bond donors (Lipinski definition) is 1. The Morgan fingerprint density at radius 1 is 1.28 bits per heavy atom. The summed E-state index contributed by atoms with van der Waals surface area (Å²) >= 11 is 0. The maximum atomic E-state index is 3.59. The number of nitrogens with one attached hydrogen (secondary N) is 1. The molecule has 0 saturated carbocycles. The third-order valence-electron chi connectivity index (χ3n) is 3.88. The highest BCUT2D eigenvalue weighted by Gasteiger charge is 2.23. The van der Waals surface area contributed by atoms with Gasteiger partial charge in [0.05, 0.1) is 0 Å². The summed E-state index contributed by atoms with van der Waals surface area (Å²) in [4.78, 5) is 5.15. The number of rotatable bonds is 4. The van der Waals surface area contributed by atoms with Crippen LogP contribution in [-0.2, 0) is 0 Å². The molecule has 0 aliphatic carbocycles. The summed E-state index contributed by atoms with van der Waals surface area (Å²) in [5, 5.41) is 3.59. The van der Waals surface area contributed by atoms with Gasteiger partial charge in [-0.1, -0.05) is 0 Å². The Labute approximate surface area is 114 Å². The molecule has 2 atom stereocenters. The van der Waals surface area contributed by atoms with Crippen LogP contribution >= 0.6 is 0 Å². The van der Waals surface area contributed by atoms with Crippen LogP contribution in [-0.4, -0.2) is 60.6 Å². The summed E-state index contributed by atoms with van der Waals surface area (Å²) in [6, 6.07) is 1.36. The lowest BCUT2D eigenvalue weighted by molar-refractivity contribution is 0.144. The molecular formula is C15H33N3. The van der Waals surface area contributed by atoms with Crippen LogP contribution in [0.3, 0.4) is 0 Å². The van der Waals surface area contributed by atoms with E-state index >= 15 is 0 Å². The van der Waals surface area contributed by atoms with Crippen LogP contribution in [0.4, 0.5) is 0 Å². The summed E-state index contributed by atoms with van der Waals surface area (Å²) in [7, 11) is 2.24. The molecule has 3 heteroatoms. The summed E-state index contributed by atoms with van der Waals surface area (Å²) in [6.07, 6.45) is 2.54. The third-order valence-corrected chi connectivity index (χ3v) is 3.88. The summed E-state index contributed by atoms with van der Waals surface area (Å²) in [5.41, 5.74) is 0.240. The quantitative estimate of drug-likeness (QED) is 0.831. The molecule has 1 fully saturated rings. The van der Waals surface area contributed by atoms with Crippen molar-refractivity contribution in [2.24, 2.45) is 0 Å². The van der Waals surface area contributed by atoms with Gasteiger partial charge in [-0.15, -0.1) is 0 Å². The lowest BCUT2D eigenvalue weighted by Gasteiger charge is -2.34. The molecule has 1 heterocycles. The van der Waals surface area contributed by atoms with Gasteiger partial charge in [0.25, 0.3) is 0 Å². The lowest BCUT2D eigenvalue weighted by atomic mass is 10.1. The molecule has 0 spiro atoms. The monoisotopic (exact) mass is 255 g/mol. The first-order chi connectivity index (χ1) is 8.29. The van der Waals surface area contributed by atoms with Crippen molar-refractivity contribution < 1.29 is 0 Å². The molecular weight excluding hydrogens is 222 g/mol. The van der Waals surface area contributed by atoms with Crippen molar-refractivity contribution >= 4 is 0 Å². The first-order valence-electron chi connectivity index (χ1n) is 7.49. The molecule has 1 rings (SSSR count). The van der Waals surface area contributed by atoms with E-state index in [9.17, 15) is 0 Å². The number of hydrogen-bond acceptors (Lipinski definition) is 3. The van der Waals surface area contributed by atoms with E-state index in [4.69, 9.17) is 0 Å². The fourth-order valence-electron chi connectivity index (χ4n) is 2.87. The lowest BCUT2D eigenvalue weighted by Crippen LogP contribution is -2.45. The van der Waals surface area contributed by atoms with Gasteiger partial charge in [-0.2, -0.15) is 0 Å². The highest BCUT2D eigenvalue weighted by molar-refractivity contribution is 4.80. The third kappa shape index (κ3) is 5.68. The molecule has 1 N–H and O–H groups in total. The molecule has 108 valence electrons. The minimum Gasteiger partial charge on any atom is -0.312 e. The highest BCUT2D eigenvalue weighted by atomic mass is 15.2. The summed E-state index contributed by atoms with van der Waals surface area (Å²) in [5.74, 6) is 0. The molecule has 1 aliphatic heterocycles. The Hall–Kier alpha value is -0.120.